The number of para-hydroxylation sites is 1. The van der Waals surface area contributed by atoms with E-state index < -0.39 is 0 Å². The van der Waals surface area contributed by atoms with E-state index in [2.05, 4.69) is 9.97 Å². The van der Waals surface area contributed by atoms with Crippen LogP contribution in [-0.2, 0) is 0 Å². The molecule has 2 aromatic rings. The van der Waals surface area contributed by atoms with E-state index in [0.717, 1.165) is 0 Å². The van der Waals surface area contributed by atoms with Gasteiger partial charge < -0.3 is 4.74 Å². The molecular weight excluding hydrogens is 204 g/mol. The molecule has 16 heavy (non-hydrogen) atoms. The third-order valence-corrected chi connectivity index (χ3v) is 2.17. The molecule has 1 aromatic carbocycles. The Morgan fingerprint density at radius 2 is 2.06 bits per heavy atom. The lowest BCUT2D eigenvalue weighted by molar-refractivity contribution is 0.103. The fraction of sp³-hybridized carbons (Fsp3) is 0.0833. The summed E-state index contributed by atoms with van der Waals surface area (Å²) in [6.45, 7) is 0. The lowest BCUT2D eigenvalue weighted by Crippen LogP contribution is -2.05. The summed E-state index contributed by atoms with van der Waals surface area (Å²) in [5.41, 5.74) is 0.864. The zero-order chi connectivity index (χ0) is 11.4. The van der Waals surface area contributed by atoms with Crippen LogP contribution in [0.2, 0.25) is 0 Å². The first kappa shape index (κ1) is 10.3. The van der Waals surface area contributed by atoms with Gasteiger partial charge in [-0.15, -0.1) is 0 Å². The van der Waals surface area contributed by atoms with Crippen molar-refractivity contribution in [3.63, 3.8) is 0 Å². The van der Waals surface area contributed by atoms with Crippen molar-refractivity contribution in [2.24, 2.45) is 0 Å². The van der Waals surface area contributed by atoms with E-state index in [9.17, 15) is 4.79 Å². The van der Waals surface area contributed by atoms with Crippen LogP contribution >= 0.6 is 0 Å². The second-order valence-corrected chi connectivity index (χ2v) is 3.12. The summed E-state index contributed by atoms with van der Waals surface area (Å²) in [6, 6.07) is 8.64. The Kier molecular flexibility index (Phi) is 2.91. The average molecular weight is 214 g/mol. The van der Waals surface area contributed by atoms with Gasteiger partial charge in [-0.25, -0.2) is 9.97 Å². The fourth-order valence-electron chi connectivity index (χ4n) is 1.40. The molecule has 0 aliphatic rings. The summed E-state index contributed by atoms with van der Waals surface area (Å²) < 4.78 is 5.12. The van der Waals surface area contributed by atoms with Crippen LogP contribution < -0.4 is 4.74 Å². The van der Waals surface area contributed by atoms with Crippen molar-refractivity contribution in [1.29, 1.82) is 0 Å². The molecule has 0 unspecified atom stereocenters. The average Bonchev–Trinajstić information content (AvgIpc) is 2.39. The van der Waals surface area contributed by atoms with Crippen LogP contribution in [0.5, 0.6) is 5.75 Å². The minimum atomic E-state index is -0.167. The van der Waals surface area contributed by atoms with Gasteiger partial charge in [-0.1, -0.05) is 12.1 Å². The zero-order valence-corrected chi connectivity index (χ0v) is 8.75. The fourth-order valence-corrected chi connectivity index (χ4v) is 1.40. The SMILES string of the molecule is COc1ccccc1C(=O)c1ccncn1. The molecule has 1 aromatic heterocycles. The maximum atomic E-state index is 12.1. The number of methoxy groups -OCH3 is 1. The van der Waals surface area contributed by atoms with Gasteiger partial charge in [0, 0.05) is 6.20 Å². The van der Waals surface area contributed by atoms with Gasteiger partial charge in [-0.3, -0.25) is 4.79 Å². The normalized spacial score (nSPS) is 9.81. The van der Waals surface area contributed by atoms with Crippen LogP contribution in [0.25, 0.3) is 0 Å². The molecule has 0 spiro atoms. The molecule has 0 saturated carbocycles. The summed E-state index contributed by atoms with van der Waals surface area (Å²) in [6.07, 6.45) is 2.89. The van der Waals surface area contributed by atoms with Gasteiger partial charge in [0.05, 0.1) is 12.7 Å². The van der Waals surface area contributed by atoms with Crippen molar-refractivity contribution >= 4 is 5.78 Å². The molecule has 80 valence electrons. The topological polar surface area (TPSA) is 52.1 Å². The smallest absolute Gasteiger partial charge is 0.215 e. The number of ketones is 1. The highest BCUT2D eigenvalue weighted by molar-refractivity contribution is 6.09. The monoisotopic (exact) mass is 214 g/mol. The Labute approximate surface area is 92.9 Å². The van der Waals surface area contributed by atoms with E-state index in [1.165, 1.54) is 19.6 Å². The highest BCUT2D eigenvalue weighted by atomic mass is 16.5. The molecular formula is C12H10N2O2. The van der Waals surface area contributed by atoms with Crippen LogP contribution in [0.4, 0.5) is 0 Å². The Balaban J connectivity index is 2.42. The molecule has 0 N–H and O–H groups in total. The van der Waals surface area contributed by atoms with E-state index >= 15 is 0 Å². The molecule has 0 aliphatic heterocycles. The van der Waals surface area contributed by atoms with Crippen LogP contribution in [0.3, 0.4) is 0 Å². The molecule has 0 atom stereocenters. The summed E-state index contributed by atoms with van der Waals surface area (Å²) >= 11 is 0. The second kappa shape index (κ2) is 4.53. The predicted molar refractivity (Wildman–Crippen MR) is 58.5 cm³/mol. The Morgan fingerprint density at radius 3 is 2.75 bits per heavy atom. The van der Waals surface area contributed by atoms with Crippen molar-refractivity contribution in [1.82, 2.24) is 9.97 Å². The lowest BCUT2D eigenvalue weighted by atomic mass is 10.1. The Bertz CT molecular complexity index is 497. The highest BCUT2D eigenvalue weighted by Crippen LogP contribution is 2.19. The van der Waals surface area contributed by atoms with Gasteiger partial charge >= 0.3 is 0 Å². The van der Waals surface area contributed by atoms with Gasteiger partial charge in [0.15, 0.2) is 0 Å². The van der Waals surface area contributed by atoms with Crippen LogP contribution in [0.1, 0.15) is 16.1 Å². The number of hydrogen-bond acceptors (Lipinski definition) is 4. The number of aromatic nitrogens is 2. The van der Waals surface area contributed by atoms with Crippen molar-refractivity contribution in [3.8, 4) is 5.75 Å². The third kappa shape index (κ3) is 1.91. The van der Waals surface area contributed by atoms with Crippen molar-refractivity contribution in [3.05, 3.63) is 54.1 Å². The second-order valence-electron chi connectivity index (χ2n) is 3.12. The number of hydrogen-bond donors (Lipinski definition) is 0. The number of nitrogens with zero attached hydrogens (tertiary/aromatic N) is 2. The lowest BCUT2D eigenvalue weighted by Gasteiger charge is -2.05. The maximum Gasteiger partial charge on any atom is 0.215 e. The van der Waals surface area contributed by atoms with Crippen LogP contribution in [-0.4, -0.2) is 22.9 Å². The third-order valence-electron chi connectivity index (χ3n) is 2.17. The van der Waals surface area contributed by atoms with E-state index in [1.54, 1.807) is 24.3 Å². The molecule has 0 saturated heterocycles. The summed E-state index contributed by atoms with van der Waals surface area (Å²) in [5.74, 6) is 0.381. The van der Waals surface area contributed by atoms with Gasteiger partial charge in [-0.2, -0.15) is 0 Å². The number of rotatable bonds is 3. The highest BCUT2D eigenvalue weighted by Gasteiger charge is 2.14. The van der Waals surface area contributed by atoms with E-state index in [-0.39, 0.29) is 5.78 Å². The molecule has 4 nitrogen and oxygen atoms in total. The van der Waals surface area contributed by atoms with Gasteiger partial charge in [0.2, 0.25) is 5.78 Å². The Hall–Kier alpha value is -2.23. The van der Waals surface area contributed by atoms with E-state index in [4.69, 9.17) is 4.74 Å². The van der Waals surface area contributed by atoms with Crippen LogP contribution in [0, 0.1) is 0 Å². The van der Waals surface area contributed by atoms with E-state index in [1.807, 2.05) is 6.07 Å². The molecule has 0 fully saturated rings. The predicted octanol–water partition coefficient (Wildman–Crippen LogP) is 1.72. The maximum absolute atomic E-state index is 12.1. The summed E-state index contributed by atoms with van der Waals surface area (Å²) in [7, 11) is 1.53. The number of benzene rings is 1. The quantitative estimate of drug-likeness (QED) is 0.730. The first-order valence-electron chi connectivity index (χ1n) is 4.76. The standard InChI is InChI=1S/C12H10N2O2/c1-16-11-5-3-2-4-9(11)12(15)10-6-7-13-8-14-10/h2-8H,1H3. The molecule has 0 radical (unpaired) electrons. The van der Waals surface area contributed by atoms with Crippen molar-refractivity contribution in [2.75, 3.05) is 7.11 Å². The molecule has 1 heterocycles. The number of carbonyl (C=O) groups is 1. The van der Waals surface area contributed by atoms with Gasteiger partial charge in [-0.05, 0) is 18.2 Å². The largest absolute Gasteiger partial charge is 0.496 e. The minimum absolute atomic E-state index is 0.167. The minimum Gasteiger partial charge on any atom is -0.496 e. The van der Waals surface area contributed by atoms with Crippen molar-refractivity contribution < 1.29 is 9.53 Å². The van der Waals surface area contributed by atoms with Crippen LogP contribution in [0.15, 0.2) is 42.9 Å². The summed E-state index contributed by atoms with van der Waals surface area (Å²) in [4.78, 5) is 19.7. The number of ether oxygens (including phenoxy) is 1. The molecule has 0 amide bonds. The van der Waals surface area contributed by atoms with Crippen molar-refractivity contribution in [2.45, 2.75) is 0 Å². The first-order valence-corrected chi connectivity index (χ1v) is 4.76. The Morgan fingerprint density at radius 1 is 1.25 bits per heavy atom. The van der Waals surface area contributed by atoms with Gasteiger partial charge in [0.25, 0.3) is 0 Å². The molecule has 2 rings (SSSR count). The number of carbonyl (C=O) groups excluding carboxylic acids is 1. The molecule has 0 bridgehead atoms. The first-order chi connectivity index (χ1) is 7.83. The zero-order valence-electron chi connectivity index (χ0n) is 8.75. The molecule has 4 heteroatoms. The van der Waals surface area contributed by atoms with Gasteiger partial charge in [0.1, 0.15) is 17.8 Å². The molecule has 0 aliphatic carbocycles. The van der Waals surface area contributed by atoms with E-state index in [0.29, 0.717) is 17.0 Å². The summed E-state index contributed by atoms with van der Waals surface area (Å²) in [5, 5.41) is 0.